The molecule has 1 aromatic carbocycles. The largest absolute Gasteiger partial charge is 0.459 e. The van der Waals surface area contributed by atoms with Gasteiger partial charge in [0.1, 0.15) is 5.82 Å². The third kappa shape index (κ3) is 2.77. The average Bonchev–Trinajstić information content (AvgIpc) is 3.24. The van der Waals surface area contributed by atoms with Gasteiger partial charge in [0.2, 0.25) is 0 Å². The number of rotatable bonds is 3. The van der Waals surface area contributed by atoms with E-state index in [4.69, 9.17) is 9.40 Å². The molecule has 1 amide bonds. The Labute approximate surface area is 134 Å². The van der Waals surface area contributed by atoms with Gasteiger partial charge in [-0.15, -0.1) is 0 Å². The average molecular weight is 307 g/mol. The lowest BCUT2D eigenvalue weighted by molar-refractivity contribution is 0.0996. The molecule has 23 heavy (non-hydrogen) atoms. The highest BCUT2D eigenvalue weighted by atomic mass is 16.3. The number of amides is 1. The summed E-state index contributed by atoms with van der Waals surface area (Å²) in [5.41, 5.74) is 2.69. The molecule has 1 aliphatic heterocycles. The molecule has 0 saturated carbocycles. The van der Waals surface area contributed by atoms with Crippen LogP contribution in [0, 0.1) is 0 Å². The maximum Gasteiger partial charge on any atom is 0.291 e. The number of benzene rings is 1. The van der Waals surface area contributed by atoms with Crippen molar-refractivity contribution in [2.75, 3.05) is 5.32 Å². The molecule has 5 heteroatoms. The molecule has 0 fully saturated rings. The van der Waals surface area contributed by atoms with E-state index in [1.54, 1.807) is 12.1 Å². The number of carbonyl (C=O) groups is 1. The molecule has 0 spiro atoms. The SMILES string of the molecule is O=C(Nc1cccc(-c2cn3c(n2)CCCC3)c1)c1ccco1. The second-order valence-corrected chi connectivity index (χ2v) is 5.71. The van der Waals surface area contributed by atoms with Crippen molar-refractivity contribution in [1.29, 1.82) is 0 Å². The quantitative estimate of drug-likeness (QED) is 0.802. The van der Waals surface area contributed by atoms with Gasteiger partial charge >= 0.3 is 0 Å². The van der Waals surface area contributed by atoms with Gasteiger partial charge in [0.25, 0.3) is 5.91 Å². The van der Waals surface area contributed by atoms with E-state index in [9.17, 15) is 4.79 Å². The lowest BCUT2D eigenvalue weighted by Gasteiger charge is -2.11. The Morgan fingerprint density at radius 3 is 3.00 bits per heavy atom. The highest BCUT2D eigenvalue weighted by Gasteiger charge is 2.14. The second-order valence-electron chi connectivity index (χ2n) is 5.71. The lowest BCUT2D eigenvalue weighted by Crippen LogP contribution is -2.10. The number of aromatic nitrogens is 2. The van der Waals surface area contributed by atoms with Crippen LogP contribution < -0.4 is 5.32 Å². The summed E-state index contributed by atoms with van der Waals surface area (Å²) in [6.07, 6.45) is 7.04. The fraction of sp³-hybridized carbons (Fsp3) is 0.222. The summed E-state index contributed by atoms with van der Waals surface area (Å²) >= 11 is 0. The Morgan fingerprint density at radius 1 is 1.22 bits per heavy atom. The van der Waals surface area contributed by atoms with Gasteiger partial charge < -0.3 is 14.3 Å². The molecule has 3 aromatic rings. The van der Waals surface area contributed by atoms with Gasteiger partial charge in [0.05, 0.1) is 12.0 Å². The van der Waals surface area contributed by atoms with Crippen molar-refractivity contribution in [2.24, 2.45) is 0 Å². The molecule has 116 valence electrons. The van der Waals surface area contributed by atoms with E-state index in [-0.39, 0.29) is 5.91 Å². The maximum atomic E-state index is 12.1. The van der Waals surface area contributed by atoms with Crippen LogP contribution in [-0.2, 0) is 13.0 Å². The predicted octanol–water partition coefficient (Wildman–Crippen LogP) is 3.73. The summed E-state index contributed by atoms with van der Waals surface area (Å²) < 4.78 is 7.34. The van der Waals surface area contributed by atoms with Crippen LogP contribution in [0.25, 0.3) is 11.3 Å². The summed E-state index contributed by atoms with van der Waals surface area (Å²) in [5, 5.41) is 2.85. The number of imidazole rings is 1. The number of hydrogen-bond donors (Lipinski definition) is 1. The van der Waals surface area contributed by atoms with E-state index >= 15 is 0 Å². The molecule has 5 nitrogen and oxygen atoms in total. The first-order valence-corrected chi connectivity index (χ1v) is 7.81. The summed E-state index contributed by atoms with van der Waals surface area (Å²) in [6, 6.07) is 11.1. The summed E-state index contributed by atoms with van der Waals surface area (Å²) in [5.74, 6) is 1.19. The van der Waals surface area contributed by atoms with Gasteiger partial charge in [-0.3, -0.25) is 4.79 Å². The van der Waals surface area contributed by atoms with E-state index in [0.29, 0.717) is 5.76 Å². The summed E-state index contributed by atoms with van der Waals surface area (Å²) in [4.78, 5) is 16.8. The minimum absolute atomic E-state index is 0.253. The van der Waals surface area contributed by atoms with E-state index in [0.717, 1.165) is 35.7 Å². The number of furan rings is 1. The van der Waals surface area contributed by atoms with Crippen molar-refractivity contribution >= 4 is 11.6 Å². The third-order valence-electron chi connectivity index (χ3n) is 4.07. The van der Waals surface area contributed by atoms with E-state index in [2.05, 4.69) is 16.1 Å². The van der Waals surface area contributed by atoms with Gasteiger partial charge in [-0.1, -0.05) is 12.1 Å². The Bertz CT molecular complexity index is 810. The number of nitrogens with one attached hydrogen (secondary N) is 1. The van der Waals surface area contributed by atoms with Crippen molar-refractivity contribution < 1.29 is 9.21 Å². The Balaban J connectivity index is 1.58. The van der Waals surface area contributed by atoms with E-state index in [1.807, 2.05) is 24.3 Å². The molecule has 3 heterocycles. The fourth-order valence-electron chi connectivity index (χ4n) is 2.91. The fourth-order valence-corrected chi connectivity index (χ4v) is 2.91. The molecule has 1 aliphatic rings. The number of fused-ring (bicyclic) bond motifs is 1. The molecular formula is C18H17N3O2. The molecule has 0 radical (unpaired) electrons. The van der Waals surface area contributed by atoms with Crippen LogP contribution in [-0.4, -0.2) is 15.5 Å². The van der Waals surface area contributed by atoms with Crippen LogP contribution in [0.2, 0.25) is 0 Å². The third-order valence-corrected chi connectivity index (χ3v) is 4.07. The molecular weight excluding hydrogens is 290 g/mol. The first kappa shape index (κ1) is 13.8. The summed E-state index contributed by atoms with van der Waals surface area (Å²) in [6.45, 7) is 1.04. The van der Waals surface area contributed by atoms with E-state index < -0.39 is 0 Å². The Morgan fingerprint density at radius 2 is 2.17 bits per heavy atom. The number of hydrogen-bond acceptors (Lipinski definition) is 3. The van der Waals surface area contributed by atoms with Crippen molar-refractivity contribution in [3.05, 3.63) is 60.4 Å². The van der Waals surface area contributed by atoms with Crippen LogP contribution in [0.3, 0.4) is 0 Å². The summed E-state index contributed by atoms with van der Waals surface area (Å²) in [7, 11) is 0. The number of nitrogens with zero attached hydrogens (tertiary/aromatic N) is 2. The molecule has 0 saturated heterocycles. The first-order chi connectivity index (χ1) is 11.3. The van der Waals surface area contributed by atoms with E-state index in [1.165, 1.54) is 19.1 Å². The van der Waals surface area contributed by atoms with Gasteiger partial charge in [-0.2, -0.15) is 0 Å². The minimum atomic E-state index is -0.253. The van der Waals surface area contributed by atoms with Gasteiger partial charge in [-0.25, -0.2) is 4.98 Å². The first-order valence-electron chi connectivity index (χ1n) is 7.81. The van der Waals surface area contributed by atoms with Gasteiger partial charge in [0.15, 0.2) is 5.76 Å². The van der Waals surface area contributed by atoms with Gasteiger partial charge in [-0.05, 0) is 37.1 Å². The molecule has 0 unspecified atom stereocenters. The minimum Gasteiger partial charge on any atom is -0.459 e. The second kappa shape index (κ2) is 5.76. The smallest absolute Gasteiger partial charge is 0.291 e. The highest BCUT2D eigenvalue weighted by Crippen LogP contribution is 2.25. The molecule has 0 atom stereocenters. The molecule has 4 rings (SSSR count). The number of carbonyl (C=O) groups excluding carboxylic acids is 1. The van der Waals surface area contributed by atoms with Crippen molar-refractivity contribution in [3.8, 4) is 11.3 Å². The molecule has 0 aliphatic carbocycles. The normalized spacial score (nSPS) is 13.6. The Hall–Kier alpha value is -2.82. The van der Waals surface area contributed by atoms with Crippen LogP contribution in [0.4, 0.5) is 5.69 Å². The van der Waals surface area contributed by atoms with Crippen LogP contribution >= 0.6 is 0 Å². The molecule has 2 aromatic heterocycles. The topological polar surface area (TPSA) is 60.1 Å². The lowest BCUT2D eigenvalue weighted by atomic mass is 10.1. The number of aryl methyl sites for hydroxylation is 2. The predicted molar refractivity (Wildman–Crippen MR) is 87.3 cm³/mol. The van der Waals surface area contributed by atoms with Crippen LogP contribution in [0.1, 0.15) is 29.2 Å². The number of anilines is 1. The monoisotopic (exact) mass is 307 g/mol. The Kier molecular flexibility index (Phi) is 3.46. The van der Waals surface area contributed by atoms with Gasteiger partial charge in [0, 0.05) is 30.4 Å². The van der Waals surface area contributed by atoms with Crippen molar-refractivity contribution in [1.82, 2.24) is 9.55 Å². The standard InChI is InChI=1S/C18H17N3O2/c22-18(16-7-4-10-23-16)19-14-6-3-5-13(11-14)15-12-21-9-2-1-8-17(21)20-15/h3-7,10-12H,1-2,8-9H2,(H,19,22). The van der Waals surface area contributed by atoms with Crippen LogP contribution in [0.15, 0.2) is 53.3 Å². The zero-order chi connectivity index (χ0) is 15.6. The molecule has 0 bridgehead atoms. The zero-order valence-corrected chi connectivity index (χ0v) is 12.7. The molecule has 1 N–H and O–H groups in total. The zero-order valence-electron chi connectivity index (χ0n) is 12.7. The highest BCUT2D eigenvalue weighted by molar-refractivity contribution is 6.02. The van der Waals surface area contributed by atoms with Crippen molar-refractivity contribution in [3.63, 3.8) is 0 Å². The van der Waals surface area contributed by atoms with Crippen molar-refractivity contribution in [2.45, 2.75) is 25.8 Å². The maximum absolute atomic E-state index is 12.1. The van der Waals surface area contributed by atoms with Crippen LogP contribution in [0.5, 0.6) is 0 Å².